The lowest BCUT2D eigenvalue weighted by Crippen LogP contribution is -2.24. The largest absolute Gasteiger partial charge is 0.384 e. The maximum Gasteiger partial charge on any atom is 0.123 e. The van der Waals surface area contributed by atoms with E-state index >= 15 is 0 Å². The summed E-state index contributed by atoms with van der Waals surface area (Å²) in [6.07, 6.45) is 1.00. The molecule has 0 saturated carbocycles. The predicted molar refractivity (Wildman–Crippen MR) is 58.6 cm³/mol. The molecule has 3 N–H and O–H groups in total. The molecule has 0 fully saturated rings. The van der Waals surface area contributed by atoms with E-state index in [9.17, 15) is 0 Å². The van der Waals surface area contributed by atoms with Crippen LogP contribution in [0.25, 0.3) is 0 Å². The van der Waals surface area contributed by atoms with Crippen LogP contribution in [0.2, 0.25) is 0 Å². The second-order valence-electron chi connectivity index (χ2n) is 2.77. The van der Waals surface area contributed by atoms with Crippen LogP contribution < -0.4 is 11.1 Å². The first kappa shape index (κ1) is 12.5. The number of pyridine rings is 1. The molecule has 0 saturated heterocycles. The number of fused-ring (bicyclic) bond motifs is 1. The number of hydrogen-bond donors (Lipinski definition) is 2. The topological polar surface area (TPSA) is 50.9 Å². The van der Waals surface area contributed by atoms with Crippen molar-refractivity contribution in [3.05, 3.63) is 23.4 Å². The second-order valence-corrected chi connectivity index (χ2v) is 2.77. The first-order valence-electron chi connectivity index (χ1n) is 3.81. The molecule has 1 aromatic rings. The normalized spacial score (nSPS) is 13.5. The summed E-state index contributed by atoms with van der Waals surface area (Å²) in [5.74, 6) is 0.630. The van der Waals surface area contributed by atoms with Crippen LogP contribution in [0.5, 0.6) is 0 Å². The fourth-order valence-corrected chi connectivity index (χ4v) is 1.35. The van der Waals surface area contributed by atoms with Crippen molar-refractivity contribution in [2.45, 2.75) is 13.0 Å². The molecule has 74 valence electrons. The van der Waals surface area contributed by atoms with Crippen molar-refractivity contribution in [2.75, 3.05) is 12.3 Å². The van der Waals surface area contributed by atoms with E-state index < -0.39 is 0 Å². The Kier molecular flexibility index (Phi) is 5.06. The summed E-state index contributed by atoms with van der Waals surface area (Å²) in [5, 5.41) is 3.28. The van der Waals surface area contributed by atoms with Crippen molar-refractivity contribution in [3.8, 4) is 0 Å². The molecule has 0 spiro atoms. The number of nitrogens with zero attached hydrogens (tertiary/aromatic N) is 1. The van der Waals surface area contributed by atoms with Gasteiger partial charge in [0.15, 0.2) is 0 Å². The zero-order chi connectivity index (χ0) is 7.68. The van der Waals surface area contributed by atoms with Crippen molar-refractivity contribution in [2.24, 2.45) is 0 Å². The zero-order valence-electron chi connectivity index (χ0n) is 7.12. The summed E-state index contributed by atoms with van der Waals surface area (Å²) in [7, 11) is 0. The first-order valence-corrected chi connectivity index (χ1v) is 3.81. The van der Waals surface area contributed by atoms with Gasteiger partial charge in [-0.2, -0.15) is 0 Å². The Morgan fingerprint density at radius 2 is 2.08 bits per heavy atom. The van der Waals surface area contributed by atoms with Gasteiger partial charge in [-0.05, 0) is 11.6 Å². The lowest BCUT2D eigenvalue weighted by Gasteiger charge is -2.15. The van der Waals surface area contributed by atoms with Gasteiger partial charge in [0.25, 0.3) is 0 Å². The fraction of sp³-hybridized carbons (Fsp3) is 0.375. The number of rotatable bonds is 0. The van der Waals surface area contributed by atoms with E-state index in [1.54, 1.807) is 0 Å². The molecule has 0 aliphatic carbocycles. The first-order chi connectivity index (χ1) is 5.36. The third-order valence-corrected chi connectivity index (χ3v) is 1.94. The molecule has 1 aliphatic heterocycles. The lowest BCUT2D eigenvalue weighted by molar-refractivity contribution is 0.631. The third kappa shape index (κ3) is 2.72. The molecule has 1 aromatic heterocycles. The summed E-state index contributed by atoms with van der Waals surface area (Å²) in [6, 6.07) is 3.90. The highest BCUT2D eigenvalue weighted by molar-refractivity contribution is 5.85. The van der Waals surface area contributed by atoms with E-state index in [0.717, 1.165) is 25.2 Å². The summed E-state index contributed by atoms with van der Waals surface area (Å²) in [4.78, 5) is 4.25. The highest BCUT2D eigenvalue weighted by Gasteiger charge is 2.08. The van der Waals surface area contributed by atoms with E-state index in [1.807, 2.05) is 12.1 Å². The molecule has 1 aliphatic rings. The van der Waals surface area contributed by atoms with Crippen LogP contribution in [0.1, 0.15) is 11.3 Å². The van der Waals surface area contributed by atoms with E-state index in [0.29, 0.717) is 5.82 Å². The maximum absolute atomic E-state index is 5.55. The number of hydrogen-bond acceptors (Lipinski definition) is 3. The van der Waals surface area contributed by atoms with Crippen LogP contribution in [-0.4, -0.2) is 11.5 Å². The van der Waals surface area contributed by atoms with Gasteiger partial charge in [-0.3, -0.25) is 0 Å². The van der Waals surface area contributed by atoms with Gasteiger partial charge in [0.2, 0.25) is 0 Å². The Balaban J connectivity index is 0.000000720. The van der Waals surface area contributed by atoms with E-state index in [4.69, 9.17) is 5.73 Å². The Morgan fingerprint density at radius 1 is 1.31 bits per heavy atom. The molecule has 0 radical (unpaired) electrons. The summed E-state index contributed by atoms with van der Waals surface area (Å²) < 4.78 is 0. The molecule has 5 heteroatoms. The second kappa shape index (κ2) is 5.27. The SMILES string of the molecule is Cl.Cl.Nc1ccc2c(n1)CCNC2. The molecular weight excluding hydrogens is 209 g/mol. The Labute approximate surface area is 89.9 Å². The minimum absolute atomic E-state index is 0. The van der Waals surface area contributed by atoms with Gasteiger partial charge in [-0.25, -0.2) is 4.98 Å². The molecule has 2 heterocycles. The monoisotopic (exact) mass is 221 g/mol. The minimum Gasteiger partial charge on any atom is -0.384 e. The van der Waals surface area contributed by atoms with Gasteiger partial charge < -0.3 is 11.1 Å². The van der Waals surface area contributed by atoms with Crippen LogP contribution in [-0.2, 0) is 13.0 Å². The average Bonchev–Trinajstić information content (AvgIpc) is 2.04. The molecule has 0 bridgehead atoms. The summed E-state index contributed by atoms with van der Waals surface area (Å²) in [5.41, 5.74) is 7.99. The van der Waals surface area contributed by atoms with Crippen molar-refractivity contribution in [3.63, 3.8) is 0 Å². The number of nitrogens with one attached hydrogen (secondary N) is 1. The van der Waals surface area contributed by atoms with Crippen LogP contribution in [0, 0.1) is 0 Å². The molecule has 0 atom stereocenters. The Hall–Kier alpha value is -0.510. The molecule has 0 aromatic carbocycles. The third-order valence-electron chi connectivity index (χ3n) is 1.94. The Morgan fingerprint density at radius 3 is 2.85 bits per heavy atom. The van der Waals surface area contributed by atoms with Gasteiger partial charge in [0.05, 0.1) is 0 Å². The van der Waals surface area contributed by atoms with Gasteiger partial charge in [0.1, 0.15) is 5.82 Å². The van der Waals surface area contributed by atoms with E-state index in [2.05, 4.69) is 10.3 Å². The predicted octanol–water partition coefficient (Wildman–Crippen LogP) is 1.15. The molecule has 0 amide bonds. The molecule has 3 nitrogen and oxygen atoms in total. The standard InChI is InChI=1S/C8H11N3.2ClH/c9-8-2-1-6-5-10-4-3-7(6)11-8;;/h1-2,10H,3-5H2,(H2,9,11);2*1H. The number of nitrogen functional groups attached to an aromatic ring is 1. The minimum atomic E-state index is 0. The lowest BCUT2D eigenvalue weighted by atomic mass is 10.1. The van der Waals surface area contributed by atoms with Crippen molar-refractivity contribution in [1.29, 1.82) is 0 Å². The van der Waals surface area contributed by atoms with Gasteiger partial charge in [0, 0.05) is 25.2 Å². The quantitative estimate of drug-likeness (QED) is 0.692. The molecular formula is C8H13Cl2N3. The van der Waals surface area contributed by atoms with Gasteiger partial charge in [-0.15, -0.1) is 24.8 Å². The number of anilines is 1. The van der Waals surface area contributed by atoms with Crippen LogP contribution >= 0.6 is 24.8 Å². The van der Waals surface area contributed by atoms with E-state index in [-0.39, 0.29) is 24.8 Å². The van der Waals surface area contributed by atoms with Crippen molar-refractivity contribution in [1.82, 2.24) is 10.3 Å². The van der Waals surface area contributed by atoms with Crippen LogP contribution in [0.15, 0.2) is 12.1 Å². The van der Waals surface area contributed by atoms with Gasteiger partial charge in [-0.1, -0.05) is 6.07 Å². The maximum atomic E-state index is 5.55. The van der Waals surface area contributed by atoms with Crippen LogP contribution in [0.3, 0.4) is 0 Å². The number of halogens is 2. The van der Waals surface area contributed by atoms with Crippen molar-refractivity contribution >= 4 is 30.6 Å². The number of nitrogens with two attached hydrogens (primary N) is 1. The molecule has 13 heavy (non-hydrogen) atoms. The summed E-state index contributed by atoms with van der Waals surface area (Å²) in [6.45, 7) is 1.95. The van der Waals surface area contributed by atoms with Crippen molar-refractivity contribution < 1.29 is 0 Å². The van der Waals surface area contributed by atoms with Gasteiger partial charge >= 0.3 is 0 Å². The fourth-order valence-electron chi connectivity index (χ4n) is 1.35. The molecule has 2 rings (SSSR count). The smallest absolute Gasteiger partial charge is 0.123 e. The summed E-state index contributed by atoms with van der Waals surface area (Å²) >= 11 is 0. The highest BCUT2D eigenvalue weighted by Crippen LogP contribution is 2.12. The highest BCUT2D eigenvalue weighted by atomic mass is 35.5. The van der Waals surface area contributed by atoms with Crippen LogP contribution in [0.4, 0.5) is 5.82 Å². The average molecular weight is 222 g/mol. The Bertz CT molecular complexity index is 278. The molecule has 0 unspecified atom stereocenters. The van der Waals surface area contributed by atoms with E-state index in [1.165, 1.54) is 5.56 Å². The zero-order valence-corrected chi connectivity index (χ0v) is 8.75. The number of aromatic nitrogens is 1.